The largest absolute Gasteiger partial charge is 0.462 e. The van der Waals surface area contributed by atoms with Gasteiger partial charge in [0.15, 0.2) is 5.78 Å². The lowest BCUT2D eigenvalue weighted by Gasteiger charge is -2.15. The van der Waals surface area contributed by atoms with E-state index in [0.29, 0.717) is 26.9 Å². The molecule has 0 spiro atoms. The first-order chi connectivity index (χ1) is 12.3. The van der Waals surface area contributed by atoms with Crippen LogP contribution < -0.4 is 5.32 Å². The predicted octanol–water partition coefficient (Wildman–Crippen LogP) is 3.88. The fraction of sp³-hybridized carbons (Fsp3) is 0.412. The third-order valence-electron chi connectivity index (χ3n) is 3.76. The predicted molar refractivity (Wildman–Crippen MR) is 100 cm³/mol. The minimum Gasteiger partial charge on any atom is -0.462 e. The summed E-state index contributed by atoms with van der Waals surface area (Å²) in [5.41, 5.74) is 0.718. The molecule has 2 aromatic heterocycles. The van der Waals surface area contributed by atoms with Gasteiger partial charge in [-0.3, -0.25) is 14.3 Å². The second-order valence-corrected chi connectivity index (χ2v) is 7.05. The summed E-state index contributed by atoms with van der Waals surface area (Å²) in [6, 6.07) is -0.597. The Morgan fingerprint density at radius 3 is 2.58 bits per heavy atom. The maximum atomic E-state index is 12.7. The van der Waals surface area contributed by atoms with Crippen LogP contribution in [0.3, 0.4) is 0 Å². The van der Waals surface area contributed by atoms with Crippen LogP contribution in [-0.4, -0.2) is 34.0 Å². The number of nitrogens with one attached hydrogen (secondary N) is 1. The number of nitrogens with zero attached hydrogens (tertiary/aromatic N) is 2. The Bertz CT molecular complexity index is 843. The molecule has 0 saturated carbocycles. The molecule has 1 amide bonds. The van der Waals surface area contributed by atoms with Crippen LogP contribution in [0.15, 0.2) is 12.4 Å². The van der Waals surface area contributed by atoms with Crippen molar-refractivity contribution in [2.45, 2.75) is 40.2 Å². The summed E-state index contributed by atoms with van der Waals surface area (Å²) in [5.74, 6) is -1.10. The summed E-state index contributed by atoms with van der Waals surface area (Å²) in [4.78, 5) is 37.3. The molecule has 26 heavy (non-hydrogen) atoms. The van der Waals surface area contributed by atoms with Gasteiger partial charge in [-0.1, -0.05) is 18.5 Å². The number of halogens is 1. The van der Waals surface area contributed by atoms with E-state index >= 15 is 0 Å². The van der Waals surface area contributed by atoms with Crippen LogP contribution in [0.1, 0.15) is 58.8 Å². The third-order valence-corrected chi connectivity index (χ3v) is 5.26. The van der Waals surface area contributed by atoms with Gasteiger partial charge < -0.3 is 10.1 Å². The highest BCUT2D eigenvalue weighted by molar-refractivity contribution is 7.18. The summed E-state index contributed by atoms with van der Waals surface area (Å²) in [5, 5.41) is 7.54. The number of rotatable bonds is 7. The molecule has 9 heteroatoms. The molecule has 0 aliphatic rings. The van der Waals surface area contributed by atoms with Gasteiger partial charge in [-0.05, 0) is 32.8 Å². The van der Waals surface area contributed by atoms with Gasteiger partial charge in [-0.25, -0.2) is 4.79 Å². The van der Waals surface area contributed by atoms with Gasteiger partial charge in [-0.15, -0.1) is 11.3 Å². The van der Waals surface area contributed by atoms with E-state index in [-0.39, 0.29) is 23.9 Å². The standard InChI is InChI=1S/C17H20ClN3O4S/c1-5-12(21-8-11(18)7-19-21)15(23)20-16-13(17(24)25-6-2)9(3)14(26-16)10(4)22/h7-8,12H,5-6H2,1-4H3,(H,20,23). The van der Waals surface area contributed by atoms with Crippen molar-refractivity contribution in [3.63, 3.8) is 0 Å². The van der Waals surface area contributed by atoms with E-state index in [1.807, 2.05) is 6.92 Å². The minimum atomic E-state index is -0.597. The third kappa shape index (κ3) is 4.13. The number of carbonyl (C=O) groups excluding carboxylic acids is 3. The molecule has 0 aliphatic carbocycles. The van der Waals surface area contributed by atoms with Gasteiger partial charge in [-0.2, -0.15) is 5.10 Å². The molecule has 1 atom stereocenters. The quantitative estimate of drug-likeness (QED) is 0.565. The average Bonchev–Trinajstić information content (AvgIpc) is 3.12. The SMILES string of the molecule is CCOC(=O)c1c(NC(=O)C(CC)n2cc(Cl)cn2)sc(C(C)=O)c1C. The van der Waals surface area contributed by atoms with Gasteiger partial charge in [0, 0.05) is 6.20 Å². The van der Waals surface area contributed by atoms with E-state index in [1.54, 1.807) is 20.0 Å². The van der Waals surface area contributed by atoms with Crippen molar-refractivity contribution in [1.29, 1.82) is 0 Å². The van der Waals surface area contributed by atoms with Crippen LogP contribution in [0.4, 0.5) is 5.00 Å². The molecule has 7 nitrogen and oxygen atoms in total. The lowest BCUT2D eigenvalue weighted by molar-refractivity contribution is -0.119. The maximum absolute atomic E-state index is 12.7. The number of carbonyl (C=O) groups is 3. The Hall–Kier alpha value is -2.19. The highest BCUT2D eigenvalue weighted by Gasteiger charge is 2.27. The highest BCUT2D eigenvalue weighted by atomic mass is 35.5. The van der Waals surface area contributed by atoms with Crippen LogP contribution >= 0.6 is 22.9 Å². The Kier molecular flexibility index (Phi) is 6.55. The second-order valence-electron chi connectivity index (χ2n) is 5.59. The Morgan fingerprint density at radius 2 is 2.08 bits per heavy atom. The fourth-order valence-corrected chi connectivity index (χ4v) is 3.80. The lowest BCUT2D eigenvalue weighted by Crippen LogP contribution is -2.26. The Morgan fingerprint density at radius 1 is 1.38 bits per heavy atom. The van der Waals surface area contributed by atoms with Crippen molar-refractivity contribution in [1.82, 2.24) is 9.78 Å². The van der Waals surface area contributed by atoms with Crippen LogP contribution in [0.2, 0.25) is 5.02 Å². The molecule has 140 valence electrons. The van der Waals surface area contributed by atoms with Crippen molar-refractivity contribution < 1.29 is 19.1 Å². The van der Waals surface area contributed by atoms with Crippen LogP contribution in [0.5, 0.6) is 0 Å². The second kappa shape index (κ2) is 8.46. The molecule has 2 rings (SSSR count). The smallest absolute Gasteiger partial charge is 0.341 e. The highest BCUT2D eigenvalue weighted by Crippen LogP contribution is 2.34. The normalized spacial score (nSPS) is 11.9. The van der Waals surface area contributed by atoms with Crippen LogP contribution in [0, 0.1) is 6.92 Å². The molecule has 0 saturated heterocycles. The van der Waals surface area contributed by atoms with Crippen molar-refractivity contribution in [3.05, 3.63) is 33.4 Å². The molecular formula is C17H20ClN3O4S. The number of hydrogen-bond acceptors (Lipinski definition) is 6. The van der Waals surface area contributed by atoms with E-state index < -0.39 is 12.0 Å². The molecule has 0 fully saturated rings. The first-order valence-corrected chi connectivity index (χ1v) is 9.31. The van der Waals surface area contributed by atoms with Crippen molar-refractivity contribution in [2.75, 3.05) is 11.9 Å². The number of ketones is 1. The first kappa shape index (κ1) is 20.1. The number of aromatic nitrogens is 2. The van der Waals surface area contributed by atoms with Gasteiger partial charge in [0.25, 0.3) is 0 Å². The monoisotopic (exact) mass is 397 g/mol. The Balaban J connectivity index is 2.37. The van der Waals surface area contributed by atoms with E-state index in [0.717, 1.165) is 11.3 Å². The van der Waals surface area contributed by atoms with Crippen LogP contribution in [-0.2, 0) is 9.53 Å². The minimum absolute atomic E-state index is 0.176. The lowest BCUT2D eigenvalue weighted by atomic mass is 10.1. The van der Waals surface area contributed by atoms with Gasteiger partial charge >= 0.3 is 5.97 Å². The number of hydrogen-bond donors (Lipinski definition) is 1. The molecule has 2 aromatic rings. The Labute approximate surface area is 160 Å². The summed E-state index contributed by atoms with van der Waals surface area (Å²) < 4.78 is 6.54. The summed E-state index contributed by atoms with van der Waals surface area (Å²) in [6.45, 7) is 6.81. The zero-order valence-electron chi connectivity index (χ0n) is 15.0. The van der Waals surface area contributed by atoms with Gasteiger partial charge in [0.05, 0.1) is 28.3 Å². The maximum Gasteiger partial charge on any atom is 0.341 e. The van der Waals surface area contributed by atoms with Crippen molar-refractivity contribution in [3.8, 4) is 0 Å². The number of amides is 1. The molecule has 0 aromatic carbocycles. The van der Waals surface area contributed by atoms with Gasteiger partial charge in [0.1, 0.15) is 11.0 Å². The molecule has 1 unspecified atom stereocenters. The van der Waals surface area contributed by atoms with Crippen molar-refractivity contribution >= 4 is 45.6 Å². The van der Waals surface area contributed by atoms with Crippen LogP contribution in [0.25, 0.3) is 0 Å². The van der Waals surface area contributed by atoms with E-state index in [1.165, 1.54) is 17.8 Å². The zero-order valence-corrected chi connectivity index (χ0v) is 16.5. The molecular weight excluding hydrogens is 378 g/mol. The topological polar surface area (TPSA) is 90.3 Å². The summed E-state index contributed by atoms with van der Waals surface area (Å²) in [6.07, 6.45) is 3.48. The number of ether oxygens (including phenoxy) is 1. The van der Waals surface area contributed by atoms with E-state index in [9.17, 15) is 14.4 Å². The number of esters is 1. The van der Waals surface area contributed by atoms with E-state index in [2.05, 4.69) is 10.4 Å². The van der Waals surface area contributed by atoms with E-state index in [4.69, 9.17) is 16.3 Å². The molecule has 2 heterocycles. The molecule has 0 bridgehead atoms. The number of anilines is 1. The molecule has 0 aliphatic heterocycles. The average molecular weight is 398 g/mol. The summed E-state index contributed by atoms with van der Waals surface area (Å²) >= 11 is 6.94. The first-order valence-electron chi connectivity index (χ1n) is 8.12. The van der Waals surface area contributed by atoms with Gasteiger partial charge in [0.2, 0.25) is 5.91 Å². The summed E-state index contributed by atoms with van der Waals surface area (Å²) in [7, 11) is 0. The molecule has 1 N–H and O–H groups in total. The van der Waals surface area contributed by atoms with Crippen molar-refractivity contribution in [2.24, 2.45) is 0 Å². The molecule has 0 radical (unpaired) electrons. The number of thiophene rings is 1. The number of Topliss-reactive ketones (excluding diaryl/α,β-unsaturated/α-hetero) is 1. The zero-order chi connectivity index (χ0) is 19.4. The fourth-order valence-electron chi connectivity index (χ4n) is 2.56.